The van der Waals surface area contributed by atoms with E-state index < -0.39 is 5.82 Å². The van der Waals surface area contributed by atoms with Crippen LogP contribution in [0, 0.1) is 11.7 Å². The molecular weight excluding hydrogens is 359 g/mol. The molecule has 0 saturated carbocycles. The van der Waals surface area contributed by atoms with E-state index in [1.165, 1.54) is 18.2 Å². The lowest BCUT2D eigenvalue weighted by molar-refractivity contribution is 0.0718. The van der Waals surface area contributed by atoms with Gasteiger partial charge in [-0.1, -0.05) is 37.2 Å². The van der Waals surface area contributed by atoms with Crippen molar-refractivity contribution in [3.63, 3.8) is 0 Å². The number of benzene rings is 2. The Morgan fingerprint density at radius 3 is 2.68 bits per heavy atom. The van der Waals surface area contributed by atoms with Crippen molar-refractivity contribution in [3.8, 4) is 17.1 Å². The molecule has 0 radical (unpaired) electrons. The third-order valence-corrected chi connectivity index (χ3v) is 4.23. The summed E-state index contributed by atoms with van der Waals surface area (Å²) >= 11 is 0. The van der Waals surface area contributed by atoms with E-state index in [0.29, 0.717) is 29.3 Å². The zero-order chi connectivity index (χ0) is 20.1. The van der Waals surface area contributed by atoms with E-state index in [0.717, 1.165) is 5.56 Å². The second kappa shape index (κ2) is 8.69. The quantitative estimate of drug-likeness (QED) is 0.590. The third-order valence-electron chi connectivity index (χ3n) is 4.23. The summed E-state index contributed by atoms with van der Waals surface area (Å²) in [6, 6.07) is 15.0. The van der Waals surface area contributed by atoms with Gasteiger partial charge in [-0.15, -0.1) is 0 Å². The Kier molecular flexibility index (Phi) is 6.09. The highest BCUT2D eigenvalue weighted by molar-refractivity contribution is 5.94. The predicted molar refractivity (Wildman–Crippen MR) is 104 cm³/mol. The van der Waals surface area contributed by atoms with Crippen molar-refractivity contribution in [3.05, 3.63) is 71.7 Å². The molecule has 0 aliphatic rings. The van der Waals surface area contributed by atoms with Crippen molar-refractivity contribution in [1.82, 2.24) is 10.1 Å². The lowest BCUT2D eigenvalue weighted by Gasteiger charge is -2.23. The number of hydrogen-bond donors (Lipinski definition) is 0. The van der Waals surface area contributed by atoms with Gasteiger partial charge in [-0.3, -0.25) is 4.79 Å². The van der Waals surface area contributed by atoms with Gasteiger partial charge >= 0.3 is 0 Å². The number of amides is 1. The number of rotatable bonds is 7. The van der Waals surface area contributed by atoms with Crippen LogP contribution in [0.1, 0.15) is 29.9 Å². The van der Waals surface area contributed by atoms with Gasteiger partial charge in [-0.2, -0.15) is 0 Å². The van der Waals surface area contributed by atoms with Crippen LogP contribution in [0.2, 0.25) is 0 Å². The van der Waals surface area contributed by atoms with Crippen LogP contribution in [0.3, 0.4) is 0 Å². The maximum atomic E-state index is 13.5. The first-order valence-electron chi connectivity index (χ1n) is 9.11. The molecule has 0 aliphatic carbocycles. The zero-order valence-corrected chi connectivity index (χ0v) is 16.2. The molecule has 28 heavy (non-hydrogen) atoms. The molecular formula is C22H23FN2O3. The molecule has 5 nitrogen and oxygen atoms in total. The Morgan fingerprint density at radius 2 is 1.96 bits per heavy atom. The number of carbonyl (C=O) groups is 1. The molecule has 146 valence electrons. The minimum atomic E-state index is -0.435. The van der Waals surface area contributed by atoms with E-state index in [1.807, 2.05) is 38.1 Å². The first-order valence-corrected chi connectivity index (χ1v) is 9.11. The maximum absolute atomic E-state index is 13.5. The molecule has 3 aromatic rings. The first kappa shape index (κ1) is 19.6. The first-order chi connectivity index (χ1) is 13.5. The molecule has 0 aliphatic heterocycles. The lowest BCUT2D eigenvalue weighted by Crippen LogP contribution is -2.33. The number of methoxy groups -OCH3 is 1. The summed E-state index contributed by atoms with van der Waals surface area (Å²) in [5, 5.41) is 4.11. The van der Waals surface area contributed by atoms with Crippen LogP contribution in [0.5, 0.6) is 5.75 Å². The fourth-order valence-electron chi connectivity index (χ4n) is 3.02. The minimum absolute atomic E-state index is 0.241. The number of nitrogens with zero attached hydrogens (tertiary/aromatic N) is 2. The van der Waals surface area contributed by atoms with Gasteiger partial charge in [0.05, 0.1) is 19.2 Å². The molecule has 0 atom stereocenters. The van der Waals surface area contributed by atoms with Gasteiger partial charge in [0.1, 0.15) is 17.3 Å². The van der Waals surface area contributed by atoms with Crippen molar-refractivity contribution < 1.29 is 18.4 Å². The molecule has 0 fully saturated rings. The van der Waals surface area contributed by atoms with Crippen LogP contribution in [0.25, 0.3) is 11.3 Å². The lowest BCUT2D eigenvalue weighted by atomic mass is 10.1. The maximum Gasteiger partial charge on any atom is 0.254 e. The largest absolute Gasteiger partial charge is 0.496 e. The van der Waals surface area contributed by atoms with E-state index in [2.05, 4.69) is 5.16 Å². The summed E-state index contributed by atoms with van der Waals surface area (Å²) in [7, 11) is 1.60. The molecule has 1 amide bonds. The van der Waals surface area contributed by atoms with Crippen LogP contribution in [-0.4, -0.2) is 29.6 Å². The molecule has 1 heterocycles. The van der Waals surface area contributed by atoms with Crippen LogP contribution in [0.15, 0.2) is 59.1 Å². The summed E-state index contributed by atoms with van der Waals surface area (Å²) in [6.07, 6.45) is 0. The molecule has 0 unspecified atom stereocenters. The second-order valence-corrected chi connectivity index (χ2v) is 6.97. The summed E-state index contributed by atoms with van der Waals surface area (Å²) in [4.78, 5) is 14.6. The van der Waals surface area contributed by atoms with Gasteiger partial charge in [0.15, 0.2) is 5.76 Å². The monoisotopic (exact) mass is 382 g/mol. The van der Waals surface area contributed by atoms with Gasteiger partial charge in [0, 0.05) is 18.2 Å². The average Bonchev–Trinajstić information content (AvgIpc) is 3.15. The number of hydrogen-bond acceptors (Lipinski definition) is 4. The van der Waals surface area contributed by atoms with Gasteiger partial charge in [-0.05, 0) is 36.2 Å². The number of aromatic nitrogens is 1. The third kappa shape index (κ3) is 4.57. The predicted octanol–water partition coefficient (Wildman–Crippen LogP) is 4.79. The molecule has 0 saturated heterocycles. The molecule has 0 N–H and O–H groups in total. The van der Waals surface area contributed by atoms with Gasteiger partial charge in [-0.25, -0.2) is 4.39 Å². The van der Waals surface area contributed by atoms with Crippen LogP contribution < -0.4 is 4.74 Å². The molecule has 0 spiro atoms. The van der Waals surface area contributed by atoms with E-state index in [1.54, 1.807) is 24.1 Å². The highest BCUT2D eigenvalue weighted by Gasteiger charge is 2.20. The van der Waals surface area contributed by atoms with Crippen molar-refractivity contribution in [2.24, 2.45) is 5.92 Å². The van der Waals surface area contributed by atoms with Crippen molar-refractivity contribution in [2.45, 2.75) is 20.4 Å². The fourth-order valence-corrected chi connectivity index (χ4v) is 3.02. The smallest absolute Gasteiger partial charge is 0.254 e. The van der Waals surface area contributed by atoms with Crippen LogP contribution in [0.4, 0.5) is 4.39 Å². The summed E-state index contributed by atoms with van der Waals surface area (Å²) < 4.78 is 24.4. The number of para-hydroxylation sites is 1. The fraction of sp³-hybridized carbons (Fsp3) is 0.273. The van der Waals surface area contributed by atoms with E-state index >= 15 is 0 Å². The van der Waals surface area contributed by atoms with Crippen LogP contribution in [-0.2, 0) is 6.54 Å². The van der Waals surface area contributed by atoms with Gasteiger partial charge in [0.25, 0.3) is 5.91 Å². The second-order valence-electron chi connectivity index (χ2n) is 6.97. The highest BCUT2D eigenvalue weighted by Crippen LogP contribution is 2.30. The molecule has 6 heteroatoms. The summed E-state index contributed by atoms with van der Waals surface area (Å²) in [5.41, 5.74) is 1.72. The number of carbonyl (C=O) groups excluding carboxylic acids is 1. The molecule has 2 aromatic carbocycles. The SMILES string of the molecule is COc1ccccc1-c1cc(CN(CC(C)C)C(=O)c2cccc(F)c2)no1. The Bertz CT molecular complexity index is 952. The Labute approximate surface area is 163 Å². The Morgan fingerprint density at radius 1 is 1.18 bits per heavy atom. The van der Waals surface area contributed by atoms with Crippen molar-refractivity contribution in [1.29, 1.82) is 0 Å². The van der Waals surface area contributed by atoms with E-state index in [9.17, 15) is 9.18 Å². The van der Waals surface area contributed by atoms with Gasteiger partial charge < -0.3 is 14.2 Å². The molecule has 0 bridgehead atoms. The summed E-state index contributed by atoms with van der Waals surface area (Å²) in [5.74, 6) is 0.818. The Balaban J connectivity index is 1.84. The van der Waals surface area contributed by atoms with Crippen molar-refractivity contribution in [2.75, 3.05) is 13.7 Å². The van der Waals surface area contributed by atoms with Crippen molar-refractivity contribution >= 4 is 5.91 Å². The number of ether oxygens (including phenoxy) is 1. The average molecular weight is 382 g/mol. The van der Waals surface area contributed by atoms with E-state index in [-0.39, 0.29) is 18.4 Å². The summed E-state index contributed by atoms with van der Waals surface area (Å²) in [6.45, 7) is 4.84. The highest BCUT2D eigenvalue weighted by atomic mass is 19.1. The molecule has 3 rings (SSSR count). The van der Waals surface area contributed by atoms with E-state index in [4.69, 9.17) is 9.26 Å². The minimum Gasteiger partial charge on any atom is -0.496 e. The Hall–Kier alpha value is -3.15. The standard InChI is InChI=1S/C22H23FN2O3/c1-15(2)13-25(22(26)16-7-6-8-17(23)11-16)14-18-12-21(28-24-18)19-9-4-5-10-20(19)27-3/h4-12,15H,13-14H2,1-3H3. The topological polar surface area (TPSA) is 55.6 Å². The number of halogens is 1. The van der Waals surface area contributed by atoms with Gasteiger partial charge in [0.2, 0.25) is 0 Å². The molecule has 1 aromatic heterocycles. The normalized spacial score (nSPS) is 10.9. The van der Waals surface area contributed by atoms with Crippen LogP contribution >= 0.6 is 0 Å². The zero-order valence-electron chi connectivity index (χ0n) is 16.2.